The van der Waals surface area contributed by atoms with Crippen LogP contribution in [0.3, 0.4) is 0 Å². The maximum Gasteiger partial charge on any atom is 0.322 e. The van der Waals surface area contributed by atoms with Crippen molar-refractivity contribution in [3.63, 3.8) is 0 Å². The number of pyridine rings is 1. The lowest BCUT2D eigenvalue weighted by atomic mass is 10.2. The van der Waals surface area contributed by atoms with Gasteiger partial charge in [0.05, 0.1) is 6.10 Å². The maximum absolute atomic E-state index is 12.5. The lowest BCUT2D eigenvalue weighted by Crippen LogP contribution is -2.38. The first-order chi connectivity index (χ1) is 11.1. The summed E-state index contributed by atoms with van der Waals surface area (Å²) in [6.45, 7) is 5.03. The molecule has 23 heavy (non-hydrogen) atoms. The smallest absolute Gasteiger partial charge is 0.322 e. The highest BCUT2D eigenvalue weighted by Gasteiger charge is 2.24. The van der Waals surface area contributed by atoms with Gasteiger partial charge < -0.3 is 10.1 Å². The molecular weight excluding hydrogens is 290 g/mol. The highest BCUT2D eigenvalue weighted by molar-refractivity contribution is 5.94. The van der Waals surface area contributed by atoms with Crippen molar-refractivity contribution >= 4 is 11.7 Å². The van der Waals surface area contributed by atoms with Crippen LogP contribution >= 0.6 is 0 Å². The van der Waals surface area contributed by atoms with Gasteiger partial charge in [0, 0.05) is 30.5 Å². The van der Waals surface area contributed by atoms with E-state index in [1.807, 2.05) is 44.2 Å². The van der Waals surface area contributed by atoms with Gasteiger partial charge in [-0.15, -0.1) is 0 Å². The number of rotatable bonds is 4. The largest absolute Gasteiger partial charge is 0.475 e. The van der Waals surface area contributed by atoms with E-state index in [4.69, 9.17) is 4.74 Å². The molecular formula is C18H21N3O2. The standard InChI is InChI=1S/C18H21N3O2/c1-13(2)23-17-15(7-5-10-19-17)12-20-18(22)21-11-9-14-6-3-4-8-16(14)21/h3-8,10,13H,9,11-12H2,1-2H3,(H,20,22). The van der Waals surface area contributed by atoms with Crippen LogP contribution < -0.4 is 15.0 Å². The number of carbonyl (C=O) groups is 1. The summed E-state index contributed by atoms with van der Waals surface area (Å²) in [7, 11) is 0. The van der Waals surface area contributed by atoms with Gasteiger partial charge in [-0.05, 0) is 38.0 Å². The van der Waals surface area contributed by atoms with Gasteiger partial charge in [0.25, 0.3) is 0 Å². The summed E-state index contributed by atoms with van der Waals surface area (Å²) < 4.78 is 5.68. The van der Waals surface area contributed by atoms with Crippen molar-refractivity contribution in [1.82, 2.24) is 10.3 Å². The molecule has 1 aliphatic rings. The second-order valence-corrected chi connectivity index (χ2v) is 5.82. The predicted octanol–water partition coefficient (Wildman–Crippen LogP) is 3.14. The number of benzene rings is 1. The molecule has 1 N–H and O–H groups in total. The Kier molecular flexibility index (Phi) is 4.46. The number of hydrogen-bond acceptors (Lipinski definition) is 3. The number of anilines is 1. The molecule has 1 aliphatic heterocycles. The number of hydrogen-bond donors (Lipinski definition) is 1. The minimum Gasteiger partial charge on any atom is -0.475 e. The molecule has 2 heterocycles. The molecule has 120 valence electrons. The lowest BCUT2D eigenvalue weighted by Gasteiger charge is -2.19. The Morgan fingerprint density at radius 2 is 2.13 bits per heavy atom. The van der Waals surface area contributed by atoms with Gasteiger partial charge in [-0.1, -0.05) is 24.3 Å². The molecule has 0 atom stereocenters. The first kappa shape index (κ1) is 15.3. The highest BCUT2D eigenvalue weighted by atomic mass is 16.5. The molecule has 1 aromatic carbocycles. The average molecular weight is 311 g/mol. The van der Waals surface area contributed by atoms with E-state index in [9.17, 15) is 4.79 Å². The second kappa shape index (κ2) is 6.69. The van der Waals surface area contributed by atoms with Crippen LogP contribution in [0.5, 0.6) is 5.88 Å². The Balaban J connectivity index is 1.67. The molecule has 5 nitrogen and oxygen atoms in total. The zero-order valence-corrected chi connectivity index (χ0v) is 13.5. The fourth-order valence-electron chi connectivity index (χ4n) is 2.70. The lowest BCUT2D eigenvalue weighted by molar-refractivity contribution is 0.229. The Hall–Kier alpha value is -2.56. The van der Waals surface area contributed by atoms with E-state index in [-0.39, 0.29) is 12.1 Å². The molecule has 0 bridgehead atoms. The maximum atomic E-state index is 12.5. The number of nitrogens with zero attached hydrogens (tertiary/aromatic N) is 2. The Labute approximate surface area is 136 Å². The summed E-state index contributed by atoms with van der Waals surface area (Å²) in [5.74, 6) is 0.574. The molecule has 3 rings (SSSR count). The van der Waals surface area contributed by atoms with Crippen molar-refractivity contribution in [2.75, 3.05) is 11.4 Å². The van der Waals surface area contributed by atoms with E-state index in [1.54, 1.807) is 11.1 Å². The second-order valence-electron chi connectivity index (χ2n) is 5.82. The highest BCUT2D eigenvalue weighted by Crippen LogP contribution is 2.27. The molecule has 0 saturated heterocycles. The van der Waals surface area contributed by atoms with E-state index in [1.165, 1.54) is 5.56 Å². The first-order valence-corrected chi connectivity index (χ1v) is 7.89. The molecule has 2 amide bonds. The summed E-state index contributed by atoms with van der Waals surface area (Å²) in [4.78, 5) is 18.5. The minimum atomic E-state index is -0.0886. The number of para-hydroxylation sites is 1. The van der Waals surface area contributed by atoms with Crippen LogP contribution in [0.2, 0.25) is 0 Å². The van der Waals surface area contributed by atoms with Crippen molar-refractivity contribution < 1.29 is 9.53 Å². The van der Waals surface area contributed by atoms with Crippen LogP contribution in [0.1, 0.15) is 25.0 Å². The quantitative estimate of drug-likeness (QED) is 0.944. The molecule has 0 aliphatic carbocycles. The minimum absolute atomic E-state index is 0.0461. The number of amides is 2. The van der Waals surface area contributed by atoms with Crippen molar-refractivity contribution in [3.8, 4) is 5.88 Å². The van der Waals surface area contributed by atoms with Gasteiger partial charge >= 0.3 is 6.03 Å². The summed E-state index contributed by atoms with van der Waals surface area (Å²) >= 11 is 0. The molecule has 0 unspecified atom stereocenters. The van der Waals surface area contributed by atoms with Crippen LogP contribution in [0, 0.1) is 0 Å². The third-order valence-corrected chi connectivity index (χ3v) is 3.76. The number of urea groups is 1. The fraction of sp³-hybridized carbons (Fsp3) is 0.333. The SMILES string of the molecule is CC(C)Oc1ncccc1CNC(=O)N1CCc2ccccc21. The van der Waals surface area contributed by atoms with E-state index in [0.717, 1.165) is 17.7 Å². The molecule has 2 aromatic rings. The number of nitrogens with one attached hydrogen (secondary N) is 1. The Bertz CT molecular complexity index is 700. The fourth-order valence-corrected chi connectivity index (χ4v) is 2.70. The summed E-state index contributed by atoms with van der Waals surface area (Å²) in [5, 5.41) is 2.96. The monoisotopic (exact) mass is 311 g/mol. The normalized spacial score (nSPS) is 13.1. The van der Waals surface area contributed by atoms with Crippen LogP contribution in [-0.2, 0) is 13.0 Å². The van der Waals surface area contributed by atoms with E-state index in [2.05, 4.69) is 16.4 Å². The summed E-state index contributed by atoms with van der Waals surface area (Å²) in [6.07, 6.45) is 2.64. The van der Waals surface area contributed by atoms with E-state index in [0.29, 0.717) is 19.0 Å². The summed E-state index contributed by atoms with van der Waals surface area (Å²) in [5.41, 5.74) is 3.09. The zero-order valence-electron chi connectivity index (χ0n) is 13.5. The first-order valence-electron chi connectivity index (χ1n) is 7.89. The number of fused-ring (bicyclic) bond motifs is 1. The third-order valence-electron chi connectivity index (χ3n) is 3.76. The van der Waals surface area contributed by atoms with Gasteiger partial charge in [0.2, 0.25) is 5.88 Å². The van der Waals surface area contributed by atoms with Crippen LogP contribution in [0.15, 0.2) is 42.6 Å². The Morgan fingerprint density at radius 1 is 1.30 bits per heavy atom. The summed E-state index contributed by atoms with van der Waals surface area (Å²) in [6, 6.07) is 11.7. The van der Waals surface area contributed by atoms with Crippen molar-refractivity contribution in [3.05, 3.63) is 53.7 Å². The number of aromatic nitrogens is 1. The van der Waals surface area contributed by atoms with Crippen LogP contribution in [-0.4, -0.2) is 23.7 Å². The molecule has 0 fully saturated rings. The van der Waals surface area contributed by atoms with Gasteiger partial charge in [-0.3, -0.25) is 4.90 Å². The van der Waals surface area contributed by atoms with Crippen molar-refractivity contribution in [2.24, 2.45) is 0 Å². The van der Waals surface area contributed by atoms with Gasteiger partial charge in [0.15, 0.2) is 0 Å². The molecule has 5 heteroatoms. The van der Waals surface area contributed by atoms with Crippen molar-refractivity contribution in [2.45, 2.75) is 32.9 Å². The average Bonchev–Trinajstić information content (AvgIpc) is 2.97. The van der Waals surface area contributed by atoms with Gasteiger partial charge in [-0.25, -0.2) is 9.78 Å². The van der Waals surface area contributed by atoms with E-state index < -0.39 is 0 Å². The van der Waals surface area contributed by atoms with Crippen LogP contribution in [0.25, 0.3) is 0 Å². The van der Waals surface area contributed by atoms with Crippen molar-refractivity contribution in [1.29, 1.82) is 0 Å². The molecule has 0 radical (unpaired) electrons. The van der Waals surface area contributed by atoms with Gasteiger partial charge in [0.1, 0.15) is 0 Å². The predicted molar refractivity (Wildman–Crippen MR) is 89.7 cm³/mol. The third kappa shape index (κ3) is 3.44. The Morgan fingerprint density at radius 3 is 2.96 bits per heavy atom. The van der Waals surface area contributed by atoms with Crippen LogP contribution in [0.4, 0.5) is 10.5 Å². The zero-order chi connectivity index (χ0) is 16.2. The molecule has 1 aromatic heterocycles. The topological polar surface area (TPSA) is 54.5 Å². The molecule has 0 spiro atoms. The number of carbonyl (C=O) groups excluding carboxylic acids is 1. The molecule has 0 saturated carbocycles. The van der Waals surface area contributed by atoms with E-state index >= 15 is 0 Å². The number of ether oxygens (including phenoxy) is 1. The van der Waals surface area contributed by atoms with Gasteiger partial charge in [-0.2, -0.15) is 0 Å².